The van der Waals surface area contributed by atoms with E-state index < -0.39 is 0 Å². The van der Waals surface area contributed by atoms with Crippen LogP contribution in [0.25, 0.3) is 88.7 Å². The highest BCUT2D eigenvalue weighted by Crippen LogP contribution is 2.44. The third-order valence-corrected chi connectivity index (χ3v) is 10.7. The zero-order chi connectivity index (χ0) is 37.3. The van der Waals surface area contributed by atoms with Crippen LogP contribution in [0.15, 0.2) is 201 Å². The highest BCUT2D eigenvalue weighted by atomic mass is 14.9. The van der Waals surface area contributed by atoms with E-state index in [2.05, 4.69) is 161 Å². The lowest BCUT2D eigenvalue weighted by Crippen LogP contribution is -2.19. The summed E-state index contributed by atoms with van der Waals surface area (Å²) in [6.45, 7) is 0.683. The lowest BCUT2D eigenvalue weighted by Gasteiger charge is -2.23. The van der Waals surface area contributed by atoms with Crippen molar-refractivity contribution < 1.29 is 0 Å². The molecule has 0 fully saturated rings. The molecule has 9 aromatic rings. The molecule has 0 unspecified atom stereocenters. The number of nitrogens with one attached hydrogen (secondary N) is 1. The lowest BCUT2D eigenvalue weighted by molar-refractivity contribution is 0.996. The summed E-state index contributed by atoms with van der Waals surface area (Å²) in [6, 6.07) is 60.3. The van der Waals surface area contributed by atoms with Gasteiger partial charge in [0.1, 0.15) is 0 Å². The largest absolute Gasteiger partial charge is 0.379 e. The molecule has 0 aliphatic carbocycles. The van der Waals surface area contributed by atoms with Crippen molar-refractivity contribution in [2.75, 3.05) is 6.54 Å². The second kappa shape index (κ2) is 14.4. The fraction of sp³-hybridized carbons (Fsp3) is 0.0192. The molecule has 0 bridgehead atoms. The second-order valence-corrected chi connectivity index (χ2v) is 14.1. The molecule has 10 rings (SSSR count). The third kappa shape index (κ3) is 6.23. The Bertz CT molecular complexity index is 2860. The van der Waals surface area contributed by atoms with Crippen LogP contribution in [-0.2, 0) is 0 Å². The predicted octanol–water partition coefficient (Wildman–Crippen LogP) is 12.5. The minimum atomic E-state index is 0.683. The van der Waals surface area contributed by atoms with Gasteiger partial charge in [-0.3, -0.25) is 15.0 Å². The Balaban J connectivity index is 1.21. The van der Waals surface area contributed by atoms with Gasteiger partial charge in [0.2, 0.25) is 0 Å². The van der Waals surface area contributed by atoms with Crippen molar-refractivity contribution in [1.82, 2.24) is 20.3 Å². The van der Waals surface area contributed by atoms with Gasteiger partial charge in [-0.1, -0.05) is 121 Å². The fourth-order valence-corrected chi connectivity index (χ4v) is 7.97. The smallest absolute Gasteiger partial charge is 0.0886 e. The number of hydrogen-bond donors (Lipinski definition) is 1. The van der Waals surface area contributed by atoms with Gasteiger partial charge in [-0.25, -0.2) is 0 Å². The zero-order valence-electron chi connectivity index (χ0n) is 30.6. The molecule has 4 heteroatoms. The first-order valence-corrected chi connectivity index (χ1v) is 19.0. The average molecular weight is 717 g/mol. The number of pyridine rings is 3. The molecule has 3 aromatic heterocycles. The average Bonchev–Trinajstić information content (AvgIpc) is 3.29. The number of rotatable bonds is 7. The van der Waals surface area contributed by atoms with Gasteiger partial charge in [-0.15, -0.1) is 0 Å². The highest BCUT2D eigenvalue weighted by Gasteiger charge is 2.21. The molecule has 4 heterocycles. The maximum atomic E-state index is 4.96. The van der Waals surface area contributed by atoms with Gasteiger partial charge in [0.15, 0.2) is 0 Å². The zero-order valence-corrected chi connectivity index (χ0v) is 30.6. The van der Waals surface area contributed by atoms with Crippen LogP contribution < -0.4 is 5.32 Å². The molecule has 0 spiro atoms. The molecule has 56 heavy (non-hydrogen) atoms. The molecular weight excluding hydrogens is 681 g/mol. The summed E-state index contributed by atoms with van der Waals surface area (Å²) in [6.07, 6.45) is 10.1. The van der Waals surface area contributed by atoms with Crippen LogP contribution in [-0.4, -0.2) is 21.5 Å². The Kier molecular flexibility index (Phi) is 8.54. The molecule has 4 nitrogen and oxygen atoms in total. The van der Waals surface area contributed by atoms with Crippen LogP contribution in [0.2, 0.25) is 0 Å². The van der Waals surface area contributed by atoms with E-state index in [1.165, 1.54) is 54.9 Å². The van der Waals surface area contributed by atoms with E-state index in [0.717, 1.165) is 45.0 Å². The van der Waals surface area contributed by atoms with Crippen molar-refractivity contribution in [3.8, 4) is 55.9 Å². The van der Waals surface area contributed by atoms with Gasteiger partial charge in [0.25, 0.3) is 0 Å². The Labute approximate surface area is 326 Å². The van der Waals surface area contributed by atoms with Crippen molar-refractivity contribution in [2.45, 2.75) is 0 Å². The summed E-state index contributed by atoms with van der Waals surface area (Å²) >= 11 is 0. The number of aromatic nitrogens is 3. The van der Waals surface area contributed by atoms with Crippen molar-refractivity contribution >= 4 is 32.8 Å². The summed E-state index contributed by atoms with van der Waals surface area (Å²) in [5, 5.41) is 8.44. The molecule has 1 aliphatic heterocycles. The quantitative estimate of drug-likeness (QED) is 0.167. The highest BCUT2D eigenvalue weighted by molar-refractivity contribution is 6.19. The third-order valence-electron chi connectivity index (χ3n) is 10.7. The maximum absolute atomic E-state index is 4.96. The summed E-state index contributed by atoms with van der Waals surface area (Å²) in [5.74, 6) is 0. The van der Waals surface area contributed by atoms with Crippen molar-refractivity contribution in [3.05, 3.63) is 212 Å². The topological polar surface area (TPSA) is 50.7 Å². The molecule has 0 atom stereocenters. The van der Waals surface area contributed by atoms with E-state index in [0.29, 0.717) is 6.54 Å². The predicted molar refractivity (Wildman–Crippen MR) is 232 cm³/mol. The van der Waals surface area contributed by atoms with Crippen LogP contribution in [0.1, 0.15) is 11.3 Å². The van der Waals surface area contributed by atoms with Gasteiger partial charge in [0, 0.05) is 30.7 Å². The first-order chi connectivity index (χ1) is 27.8. The van der Waals surface area contributed by atoms with Crippen molar-refractivity contribution in [1.29, 1.82) is 0 Å². The van der Waals surface area contributed by atoms with E-state index in [9.17, 15) is 0 Å². The van der Waals surface area contributed by atoms with Crippen LogP contribution >= 0.6 is 0 Å². The lowest BCUT2D eigenvalue weighted by atomic mass is 9.84. The molecular formula is C52H36N4. The summed E-state index contributed by atoms with van der Waals surface area (Å²) in [7, 11) is 0. The Morgan fingerprint density at radius 1 is 0.357 bits per heavy atom. The molecule has 0 amide bonds. The first kappa shape index (κ1) is 33.2. The summed E-state index contributed by atoms with van der Waals surface area (Å²) in [5.41, 5.74) is 15.4. The molecule has 1 N–H and O–H groups in total. The number of dihydropyridines is 1. The van der Waals surface area contributed by atoms with Gasteiger partial charge >= 0.3 is 0 Å². The number of benzene rings is 6. The minimum Gasteiger partial charge on any atom is -0.379 e. The molecule has 6 aromatic carbocycles. The molecule has 0 saturated heterocycles. The number of allylic oxidation sites excluding steroid dienone is 2. The fourth-order valence-electron chi connectivity index (χ4n) is 7.97. The van der Waals surface area contributed by atoms with Crippen molar-refractivity contribution in [2.24, 2.45) is 0 Å². The van der Waals surface area contributed by atoms with E-state index >= 15 is 0 Å². The SMILES string of the molecule is C1=C(c2ccccn2)NCC(c2c3ccccc3c(-c3ccc(-c4ccccn4)nc3)c3cc(-c4cc(-c5ccccc5)cc(-c5ccccc5)c4)ccc23)=C1. The van der Waals surface area contributed by atoms with Crippen LogP contribution in [0.5, 0.6) is 0 Å². The van der Waals surface area contributed by atoms with E-state index in [1.807, 2.05) is 55.0 Å². The molecule has 0 saturated carbocycles. The molecule has 1 aliphatic rings. The van der Waals surface area contributed by atoms with Gasteiger partial charge < -0.3 is 5.32 Å². The van der Waals surface area contributed by atoms with Crippen LogP contribution in [0.3, 0.4) is 0 Å². The van der Waals surface area contributed by atoms with Crippen LogP contribution in [0.4, 0.5) is 0 Å². The van der Waals surface area contributed by atoms with Gasteiger partial charge in [0.05, 0.1) is 22.8 Å². The second-order valence-electron chi connectivity index (χ2n) is 14.1. The van der Waals surface area contributed by atoms with E-state index in [4.69, 9.17) is 4.98 Å². The Hall–Kier alpha value is -7.43. The standard InChI is InChI=1S/C52H36N4/c1-3-13-35(14-4-1)40-29-41(36-15-5-2-6-16-36)31-42(30-40)37-21-24-45-46(32-37)52(39-23-26-50(56-34-39)48-20-10-12-28-54-48)44-18-8-7-17-43(44)51(45)38-22-25-49(55-33-38)47-19-9-11-27-53-47/h1-32,34,55H,33H2. The van der Waals surface area contributed by atoms with Crippen molar-refractivity contribution in [3.63, 3.8) is 0 Å². The van der Waals surface area contributed by atoms with Gasteiger partial charge in [-0.05, 0) is 132 Å². The Morgan fingerprint density at radius 2 is 0.911 bits per heavy atom. The minimum absolute atomic E-state index is 0.683. The normalized spacial score (nSPS) is 12.6. The maximum Gasteiger partial charge on any atom is 0.0886 e. The van der Waals surface area contributed by atoms with E-state index in [1.54, 1.807) is 0 Å². The summed E-state index contributed by atoms with van der Waals surface area (Å²) in [4.78, 5) is 14.1. The number of nitrogens with zero attached hydrogens (tertiary/aromatic N) is 3. The molecule has 264 valence electrons. The van der Waals surface area contributed by atoms with Crippen LogP contribution in [0, 0.1) is 0 Å². The molecule has 0 radical (unpaired) electrons. The first-order valence-electron chi connectivity index (χ1n) is 19.0. The monoisotopic (exact) mass is 716 g/mol. The Morgan fingerprint density at radius 3 is 1.50 bits per heavy atom. The number of hydrogen-bond acceptors (Lipinski definition) is 4. The van der Waals surface area contributed by atoms with E-state index in [-0.39, 0.29) is 0 Å². The number of fused-ring (bicyclic) bond motifs is 2. The summed E-state index contributed by atoms with van der Waals surface area (Å²) < 4.78 is 0. The van der Waals surface area contributed by atoms with Gasteiger partial charge in [-0.2, -0.15) is 0 Å².